The molecule has 0 spiro atoms. The number of alkyl halides is 2. The molecule has 0 fully saturated rings. The van der Waals surface area contributed by atoms with E-state index in [9.17, 15) is 18.0 Å². The van der Waals surface area contributed by atoms with E-state index in [1.807, 2.05) is 0 Å². The van der Waals surface area contributed by atoms with E-state index in [1.165, 1.54) is 36.0 Å². The predicted molar refractivity (Wildman–Crippen MR) is 82.1 cm³/mol. The topological polar surface area (TPSA) is 50.2 Å². The Labute approximate surface area is 135 Å². The van der Waals surface area contributed by atoms with Crippen LogP contribution in [-0.4, -0.2) is 33.8 Å². The highest BCUT2D eigenvalue weighted by atomic mass is 32.2. The van der Waals surface area contributed by atoms with E-state index >= 15 is 0 Å². The zero-order valence-electron chi connectivity index (χ0n) is 12.5. The van der Waals surface area contributed by atoms with Crippen molar-refractivity contribution in [2.24, 2.45) is 0 Å². The van der Waals surface area contributed by atoms with E-state index in [0.717, 1.165) is 6.20 Å². The van der Waals surface area contributed by atoms with Crippen molar-refractivity contribution in [1.29, 1.82) is 0 Å². The molecule has 0 aliphatic rings. The molecule has 5 nitrogen and oxygen atoms in total. The van der Waals surface area contributed by atoms with Gasteiger partial charge in [-0.05, 0) is 24.5 Å². The monoisotopic (exact) mass is 344 g/mol. The number of imidazole rings is 1. The fraction of sp³-hybridized carbons (Fsp3) is 0.286. The fourth-order valence-electron chi connectivity index (χ4n) is 1.89. The first kappa shape index (κ1) is 17.2. The van der Waals surface area contributed by atoms with Crippen LogP contribution in [0.5, 0.6) is 0 Å². The Hall–Kier alpha value is -2.16. The third-order valence-corrected chi connectivity index (χ3v) is 3.86. The molecule has 0 atom stereocenters. The zero-order chi connectivity index (χ0) is 17.0. The number of carbonyl (C=O) groups excluding carboxylic acids is 1. The maximum Gasteiger partial charge on any atom is 0.321 e. The fourth-order valence-corrected chi connectivity index (χ4v) is 2.35. The van der Waals surface area contributed by atoms with E-state index in [-0.39, 0.29) is 18.1 Å². The molecule has 1 aromatic heterocycles. The number of rotatable bonds is 5. The maximum atomic E-state index is 13.7. The van der Waals surface area contributed by atoms with Crippen molar-refractivity contribution in [1.82, 2.24) is 14.5 Å². The average molecular weight is 344 g/mol. The summed E-state index contributed by atoms with van der Waals surface area (Å²) in [5.41, 5.74) is 0.286. The van der Waals surface area contributed by atoms with E-state index < -0.39 is 18.4 Å². The number of amides is 2. The molecule has 0 saturated carbocycles. The van der Waals surface area contributed by atoms with Crippen LogP contribution in [0.25, 0.3) is 0 Å². The number of carbonyl (C=O) groups is 1. The van der Waals surface area contributed by atoms with Gasteiger partial charge in [-0.1, -0.05) is 0 Å². The van der Waals surface area contributed by atoms with E-state index in [2.05, 4.69) is 10.3 Å². The summed E-state index contributed by atoms with van der Waals surface area (Å²) in [5.74, 6) is -0.382. The van der Waals surface area contributed by atoms with Gasteiger partial charge in [-0.2, -0.15) is 8.78 Å². The quantitative estimate of drug-likeness (QED) is 0.840. The number of anilines is 1. The van der Waals surface area contributed by atoms with Crippen molar-refractivity contribution in [3.8, 4) is 0 Å². The van der Waals surface area contributed by atoms with Crippen LogP contribution in [0.1, 0.15) is 12.4 Å². The van der Waals surface area contributed by atoms with Crippen LogP contribution in [0, 0.1) is 5.82 Å². The number of nitrogens with zero attached hydrogens (tertiary/aromatic N) is 3. The molecule has 0 aliphatic carbocycles. The zero-order valence-corrected chi connectivity index (χ0v) is 13.3. The SMILES string of the molecule is CSc1ccc(NC(=O)N(C)Cc2nccn2C(F)F)cc1F. The molecule has 0 aliphatic heterocycles. The third kappa shape index (κ3) is 4.19. The highest BCUT2D eigenvalue weighted by Crippen LogP contribution is 2.22. The molecule has 1 aromatic carbocycles. The van der Waals surface area contributed by atoms with E-state index in [1.54, 1.807) is 18.4 Å². The van der Waals surface area contributed by atoms with Crippen molar-refractivity contribution < 1.29 is 18.0 Å². The number of thioether (sulfide) groups is 1. The van der Waals surface area contributed by atoms with E-state index in [4.69, 9.17) is 0 Å². The summed E-state index contributed by atoms with van der Waals surface area (Å²) in [6.07, 6.45) is 4.13. The van der Waals surface area contributed by atoms with Crippen molar-refractivity contribution in [2.45, 2.75) is 18.0 Å². The lowest BCUT2D eigenvalue weighted by molar-refractivity contribution is 0.0652. The standard InChI is InChI=1S/C14H15F3N4OS/c1-20(8-12-18-5-6-21(12)13(16)17)14(22)19-9-3-4-11(23-2)10(15)7-9/h3-7,13H,8H2,1-2H3,(H,19,22). The van der Waals surface area contributed by atoms with Gasteiger partial charge in [-0.3, -0.25) is 4.57 Å². The summed E-state index contributed by atoms with van der Waals surface area (Å²) < 4.78 is 39.8. The highest BCUT2D eigenvalue weighted by Gasteiger charge is 2.16. The second kappa shape index (κ2) is 7.40. The number of halogens is 3. The molecule has 2 rings (SSSR count). The van der Waals surface area contributed by atoms with Gasteiger partial charge in [0.1, 0.15) is 11.6 Å². The summed E-state index contributed by atoms with van der Waals surface area (Å²) in [6.45, 7) is -2.83. The molecular formula is C14H15F3N4OS. The number of aromatic nitrogens is 2. The van der Waals surface area contributed by atoms with Crippen molar-refractivity contribution >= 4 is 23.5 Å². The van der Waals surface area contributed by atoms with E-state index in [0.29, 0.717) is 9.46 Å². The minimum absolute atomic E-state index is 0.0570. The van der Waals surface area contributed by atoms with Crippen LogP contribution in [0.15, 0.2) is 35.5 Å². The van der Waals surface area contributed by atoms with Crippen LogP contribution in [0.4, 0.5) is 23.7 Å². The van der Waals surface area contributed by atoms with Gasteiger partial charge in [0.2, 0.25) is 0 Å². The van der Waals surface area contributed by atoms with Gasteiger partial charge in [-0.25, -0.2) is 14.2 Å². The molecule has 0 saturated heterocycles. The molecule has 1 heterocycles. The lowest BCUT2D eigenvalue weighted by Gasteiger charge is -2.18. The molecule has 124 valence electrons. The van der Waals surface area contributed by atoms with Gasteiger partial charge in [0.15, 0.2) is 0 Å². The van der Waals surface area contributed by atoms with Crippen molar-refractivity contribution in [3.63, 3.8) is 0 Å². The highest BCUT2D eigenvalue weighted by molar-refractivity contribution is 7.98. The Morgan fingerprint density at radius 3 is 2.83 bits per heavy atom. The molecule has 2 aromatic rings. The Balaban J connectivity index is 2.02. The summed E-state index contributed by atoms with van der Waals surface area (Å²) >= 11 is 1.26. The summed E-state index contributed by atoms with van der Waals surface area (Å²) in [4.78, 5) is 17.5. The molecule has 0 bridgehead atoms. The molecule has 23 heavy (non-hydrogen) atoms. The number of hydrogen-bond donors (Lipinski definition) is 1. The second-order valence-corrected chi connectivity index (χ2v) is 5.51. The number of nitrogens with one attached hydrogen (secondary N) is 1. The molecule has 0 radical (unpaired) electrons. The van der Waals surface area contributed by atoms with Crippen molar-refractivity contribution in [2.75, 3.05) is 18.6 Å². The van der Waals surface area contributed by atoms with Gasteiger partial charge in [0, 0.05) is 30.0 Å². The maximum absolute atomic E-state index is 13.7. The lowest BCUT2D eigenvalue weighted by Crippen LogP contribution is -2.32. The van der Waals surface area contributed by atoms with Gasteiger partial charge in [0.25, 0.3) is 0 Å². The average Bonchev–Trinajstić information content (AvgIpc) is 2.95. The van der Waals surface area contributed by atoms with Crippen LogP contribution in [0.3, 0.4) is 0 Å². The smallest absolute Gasteiger partial charge is 0.320 e. The Morgan fingerprint density at radius 2 is 2.22 bits per heavy atom. The Bertz CT molecular complexity index is 692. The number of benzene rings is 1. The summed E-state index contributed by atoms with van der Waals surface area (Å²) in [6, 6.07) is 3.78. The van der Waals surface area contributed by atoms with Gasteiger partial charge >= 0.3 is 12.6 Å². The normalized spacial score (nSPS) is 10.9. The van der Waals surface area contributed by atoms with Crippen molar-refractivity contribution in [3.05, 3.63) is 42.2 Å². The van der Waals surface area contributed by atoms with Gasteiger partial charge in [-0.15, -0.1) is 11.8 Å². The molecule has 9 heteroatoms. The Morgan fingerprint density at radius 1 is 1.48 bits per heavy atom. The second-order valence-electron chi connectivity index (χ2n) is 4.66. The lowest BCUT2D eigenvalue weighted by atomic mass is 10.3. The number of urea groups is 1. The first-order chi connectivity index (χ1) is 10.9. The van der Waals surface area contributed by atoms with Crippen LogP contribution in [0.2, 0.25) is 0 Å². The predicted octanol–water partition coefficient (Wildman–Crippen LogP) is 3.80. The molecule has 0 unspecified atom stereocenters. The van der Waals surface area contributed by atoms with Crippen LogP contribution >= 0.6 is 11.8 Å². The van der Waals surface area contributed by atoms with Gasteiger partial charge in [0.05, 0.1) is 6.54 Å². The minimum atomic E-state index is -2.72. The third-order valence-electron chi connectivity index (χ3n) is 3.09. The molecule has 1 N–H and O–H groups in total. The van der Waals surface area contributed by atoms with Crippen LogP contribution in [-0.2, 0) is 6.54 Å². The largest absolute Gasteiger partial charge is 0.321 e. The molecule has 2 amide bonds. The molecular weight excluding hydrogens is 329 g/mol. The summed E-state index contributed by atoms with van der Waals surface area (Å²) in [7, 11) is 1.44. The van der Waals surface area contributed by atoms with Crippen LogP contribution < -0.4 is 5.32 Å². The first-order valence-electron chi connectivity index (χ1n) is 6.58. The number of hydrogen-bond acceptors (Lipinski definition) is 3. The van der Waals surface area contributed by atoms with Gasteiger partial charge < -0.3 is 10.2 Å². The minimum Gasteiger partial charge on any atom is -0.320 e. The Kier molecular flexibility index (Phi) is 5.54. The summed E-state index contributed by atoms with van der Waals surface area (Å²) in [5, 5.41) is 2.51. The first-order valence-corrected chi connectivity index (χ1v) is 7.80.